The fourth-order valence-corrected chi connectivity index (χ4v) is 0.849. The second kappa shape index (κ2) is 3.64. The van der Waals surface area contributed by atoms with Gasteiger partial charge in [-0.25, -0.2) is 0 Å². The number of hydrogen-bond donors (Lipinski definition) is 2. The molecule has 0 saturated carbocycles. The number of carbonyl (C=O) groups excluding carboxylic acids is 1. The second-order valence-corrected chi connectivity index (χ2v) is 2.38. The zero-order valence-electron chi connectivity index (χ0n) is 6.76. The summed E-state index contributed by atoms with van der Waals surface area (Å²) in [4.78, 5) is 30.8. The summed E-state index contributed by atoms with van der Waals surface area (Å²) in [6.45, 7) is 0. The molecule has 1 rings (SSSR count). The number of carbonyl (C=O) groups is 2. The van der Waals surface area contributed by atoms with Gasteiger partial charge < -0.3 is 5.11 Å². The van der Waals surface area contributed by atoms with Crippen LogP contribution in [0.4, 0.5) is 5.69 Å². The minimum absolute atomic E-state index is 0.391. The van der Waals surface area contributed by atoms with Crippen LogP contribution in [0.15, 0.2) is 6.20 Å². The lowest BCUT2D eigenvalue weighted by molar-refractivity contribution is -0.385. The van der Waals surface area contributed by atoms with Gasteiger partial charge in [0.25, 0.3) is 0 Å². The van der Waals surface area contributed by atoms with E-state index in [0.717, 1.165) is 6.20 Å². The van der Waals surface area contributed by atoms with E-state index in [2.05, 4.69) is 10.2 Å². The van der Waals surface area contributed by atoms with Crippen LogP contribution < -0.4 is 0 Å². The highest BCUT2D eigenvalue weighted by atomic mass is 16.6. The maximum atomic E-state index is 11.1. The molecule has 8 heteroatoms. The molecule has 0 spiro atoms. The third-order valence-electron chi connectivity index (χ3n) is 1.41. The zero-order chi connectivity index (χ0) is 10.7. The number of aromatic nitrogens is 2. The number of aromatic amines is 1. The first-order chi connectivity index (χ1) is 6.52. The smallest absolute Gasteiger partial charge is 0.317 e. The fraction of sp³-hybridized carbons (Fsp3) is 0.167. The molecule has 1 heterocycles. The molecule has 0 bridgehead atoms. The highest BCUT2D eigenvalue weighted by Crippen LogP contribution is 2.15. The van der Waals surface area contributed by atoms with Crippen LogP contribution >= 0.6 is 0 Å². The van der Waals surface area contributed by atoms with E-state index in [0.29, 0.717) is 0 Å². The first kappa shape index (κ1) is 9.84. The van der Waals surface area contributed by atoms with E-state index in [-0.39, 0.29) is 0 Å². The van der Waals surface area contributed by atoms with E-state index in [1.165, 1.54) is 0 Å². The molecular formula is C6H5N3O5. The SMILES string of the molecule is O=C(O)CC(=O)c1[nH]ncc1[N+](=O)[O-]. The summed E-state index contributed by atoms with van der Waals surface area (Å²) in [5, 5.41) is 24.0. The van der Waals surface area contributed by atoms with Crippen LogP contribution in [0.5, 0.6) is 0 Å². The van der Waals surface area contributed by atoms with Gasteiger partial charge in [0, 0.05) is 0 Å². The van der Waals surface area contributed by atoms with Crippen LogP contribution in [0.1, 0.15) is 16.9 Å². The van der Waals surface area contributed by atoms with Gasteiger partial charge in [-0.2, -0.15) is 5.10 Å². The summed E-state index contributed by atoms with van der Waals surface area (Å²) in [6.07, 6.45) is 0.0537. The molecule has 0 aliphatic carbocycles. The molecule has 74 valence electrons. The average molecular weight is 199 g/mol. The van der Waals surface area contributed by atoms with Crippen LogP contribution in [-0.4, -0.2) is 32.0 Å². The molecule has 0 atom stereocenters. The highest BCUT2D eigenvalue weighted by Gasteiger charge is 2.23. The van der Waals surface area contributed by atoms with Crippen LogP contribution in [0.25, 0.3) is 0 Å². The number of nitro groups is 1. The number of aliphatic carboxylic acids is 1. The molecule has 0 radical (unpaired) electrons. The van der Waals surface area contributed by atoms with E-state index in [9.17, 15) is 19.7 Å². The maximum absolute atomic E-state index is 11.1. The number of nitrogens with one attached hydrogen (secondary N) is 1. The Labute approximate surface area is 76.7 Å². The van der Waals surface area contributed by atoms with Crippen molar-refractivity contribution in [1.29, 1.82) is 0 Å². The number of rotatable bonds is 4. The molecule has 1 aromatic heterocycles. The van der Waals surface area contributed by atoms with Gasteiger partial charge in [-0.15, -0.1) is 0 Å². The zero-order valence-corrected chi connectivity index (χ0v) is 6.76. The molecule has 1 aromatic rings. The molecule has 0 aliphatic rings. The lowest BCUT2D eigenvalue weighted by Gasteiger charge is -1.92. The van der Waals surface area contributed by atoms with Gasteiger partial charge in [-0.1, -0.05) is 0 Å². The van der Waals surface area contributed by atoms with Crippen LogP contribution in [0.3, 0.4) is 0 Å². The number of H-pyrrole nitrogens is 1. The number of Topliss-reactive ketones (excluding diaryl/α,β-unsaturated/α-hetero) is 1. The molecule has 0 unspecified atom stereocenters. The summed E-state index contributed by atoms with van der Waals surface area (Å²) < 4.78 is 0. The third-order valence-corrected chi connectivity index (χ3v) is 1.41. The van der Waals surface area contributed by atoms with Gasteiger partial charge in [0.05, 0.1) is 4.92 Å². The quantitative estimate of drug-likeness (QED) is 0.303. The van der Waals surface area contributed by atoms with Gasteiger partial charge in [-0.05, 0) is 0 Å². The Kier molecular flexibility index (Phi) is 2.56. The molecule has 0 saturated heterocycles. The Balaban J connectivity index is 2.95. The first-order valence-electron chi connectivity index (χ1n) is 3.45. The summed E-state index contributed by atoms with van der Waals surface area (Å²) in [7, 11) is 0. The van der Waals surface area contributed by atoms with Gasteiger partial charge in [0.15, 0.2) is 11.5 Å². The van der Waals surface area contributed by atoms with Crippen molar-refractivity contribution in [1.82, 2.24) is 10.2 Å². The topological polar surface area (TPSA) is 126 Å². The molecule has 0 aliphatic heterocycles. The minimum atomic E-state index is -1.35. The molecule has 2 N–H and O–H groups in total. The molecule has 0 fully saturated rings. The molecular weight excluding hydrogens is 194 g/mol. The predicted octanol–water partition coefficient (Wildman–Crippen LogP) is -0.0247. The third kappa shape index (κ3) is 1.91. The molecule has 14 heavy (non-hydrogen) atoms. The van der Waals surface area contributed by atoms with E-state index in [1.54, 1.807) is 0 Å². The Hall–Kier alpha value is -2.25. The summed E-state index contributed by atoms with van der Waals surface area (Å²) >= 11 is 0. The predicted molar refractivity (Wildman–Crippen MR) is 41.8 cm³/mol. The monoisotopic (exact) mass is 199 g/mol. The Bertz CT molecular complexity index is 396. The first-order valence-corrected chi connectivity index (χ1v) is 3.45. The number of ketones is 1. The molecule has 0 amide bonds. The minimum Gasteiger partial charge on any atom is -0.481 e. The van der Waals surface area contributed by atoms with E-state index >= 15 is 0 Å². The number of nitrogens with zero attached hydrogens (tertiary/aromatic N) is 2. The van der Waals surface area contributed by atoms with E-state index in [1.807, 2.05) is 0 Å². The number of carboxylic acids is 1. The normalized spacial score (nSPS) is 9.71. The van der Waals surface area contributed by atoms with Crippen molar-refractivity contribution in [3.8, 4) is 0 Å². The van der Waals surface area contributed by atoms with Crippen molar-refractivity contribution in [3.05, 3.63) is 22.0 Å². The Morgan fingerprint density at radius 1 is 1.64 bits per heavy atom. The van der Waals surface area contributed by atoms with Crippen LogP contribution in [0, 0.1) is 10.1 Å². The second-order valence-electron chi connectivity index (χ2n) is 2.38. The van der Waals surface area contributed by atoms with Crippen molar-refractivity contribution in [3.63, 3.8) is 0 Å². The van der Waals surface area contributed by atoms with Crippen LogP contribution in [-0.2, 0) is 4.79 Å². The van der Waals surface area contributed by atoms with Crippen molar-refractivity contribution in [2.75, 3.05) is 0 Å². The number of carboxylic acid groups (broad SMARTS) is 1. The Morgan fingerprint density at radius 3 is 2.79 bits per heavy atom. The number of hydrogen-bond acceptors (Lipinski definition) is 5. The maximum Gasteiger partial charge on any atom is 0.317 e. The summed E-state index contributed by atoms with van der Waals surface area (Å²) in [6, 6.07) is 0. The van der Waals surface area contributed by atoms with Crippen molar-refractivity contribution >= 4 is 17.4 Å². The van der Waals surface area contributed by atoms with Crippen molar-refractivity contribution < 1.29 is 19.6 Å². The Morgan fingerprint density at radius 2 is 2.29 bits per heavy atom. The standard InChI is InChI=1S/C6H5N3O5/c10-4(1-5(11)12)6-3(9(13)14)2-7-8-6/h2H,1H2,(H,7,8)(H,11,12). The fourth-order valence-electron chi connectivity index (χ4n) is 0.849. The highest BCUT2D eigenvalue weighted by molar-refractivity contribution is 6.06. The summed E-state index contributed by atoms with van der Waals surface area (Å²) in [5.41, 5.74) is -0.909. The van der Waals surface area contributed by atoms with E-state index in [4.69, 9.17) is 5.11 Å². The van der Waals surface area contributed by atoms with Gasteiger partial charge in [0.1, 0.15) is 12.6 Å². The molecule has 0 aromatic carbocycles. The van der Waals surface area contributed by atoms with Gasteiger partial charge in [-0.3, -0.25) is 24.8 Å². The van der Waals surface area contributed by atoms with Gasteiger partial charge in [0.2, 0.25) is 0 Å². The van der Waals surface area contributed by atoms with Crippen molar-refractivity contribution in [2.24, 2.45) is 0 Å². The lowest BCUT2D eigenvalue weighted by atomic mass is 10.2. The lowest BCUT2D eigenvalue weighted by Crippen LogP contribution is -2.09. The average Bonchev–Trinajstić information content (AvgIpc) is 2.49. The van der Waals surface area contributed by atoms with Crippen molar-refractivity contribution in [2.45, 2.75) is 6.42 Å². The van der Waals surface area contributed by atoms with Crippen LogP contribution in [0.2, 0.25) is 0 Å². The summed E-state index contributed by atoms with van der Waals surface area (Å²) in [5.74, 6) is -2.22. The van der Waals surface area contributed by atoms with Gasteiger partial charge >= 0.3 is 11.7 Å². The van der Waals surface area contributed by atoms with E-state index < -0.39 is 34.5 Å². The largest absolute Gasteiger partial charge is 0.481 e. The molecule has 8 nitrogen and oxygen atoms in total.